The molecule has 0 bridgehead atoms. The van der Waals surface area contributed by atoms with Crippen LogP contribution in [0.4, 0.5) is 4.39 Å². The summed E-state index contributed by atoms with van der Waals surface area (Å²) in [6.07, 6.45) is 2.12. The average molecular weight is 372 g/mol. The second kappa shape index (κ2) is 8.85. The Morgan fingerprint density at radius 3 is 2.50 bits per heavy atom. The summed E-state index contributed by atoms with van der Waals surface area (Å²) in [5.74, 6) is -0.192. The van der Waals surface area contributed by atoms with Crippen LogP contribution < -0.4 is 5.32 Å². The molecule has 26 heavy (non-hydrogen) atoms. The zero-order chi connectivity index (χ0) is 18.4. The summed E-state index contributed by atoms with van der Waals surface area (Å²) in [6, 6.07) is 13.5. The third-order valence-electron chi connectivity index (χ3n) is 4.34. The Bertz CT molecular complexity index is 791. The topological polar surface area (TPSA) is 49.4 Å². The van der Waals surface area contributed by atoms with Crippen LogP contribution in [0, 0.1) is 5.82 Å². The Kier molecular flexibility index (Phi) is 6.28. The minimum absolute atomic E-state index is 0.106. The number of carbonyl (C=O) groups is 2. The molecular formula is C20H21FN2O2S. The van der Waals surface area contributed by atoms with Crippen molar-refractivity contribution in [2.75, 3.05) is 18.8 Å². The monoisotopic (exact) mass is 372 g/mol. The van der Waals surface area contributed by atoms with Gasteiger partial charge in [0.05, 0.1) is 11.3 Å². The highest BCUT2D eigenvalue weighted by Gasteiger charge is 2.19. The van der Waals surface area contributed by atoms with Crippen molar-refractivity contribution in [3.05, 3.63) is 65.5 Å². The van der Waals surface area contributed by atoms with Gasteiger partial charge in [0, 0.05) is 30.1 Å². The van der Waals surface area contributed by atoms with E-state index in [0.717, 1.165) is 30.8 Å². The van der Waals surface area contributed by atoms with Crippen LogP contribution >= 0.6 is 11.8 Å². The zero-order valence-electron chi connectivity index (χ0n) is 14.4. The second-order valence-electron chi connectivity index (χ2n) is 6.15. The molecule has 2 amide bonds. The Morgan fingerprint density at radius 1 is 1.04 bits per heavy atom. The van der Waals surface area contributed by atoms with Gasteiger partial charge in [-0.3, -0.25) is 9.59 Å². The van der Waals surface area contributed by atoms with Crippen LogP contribution in [0.25, 0.3) is 0 Å². The fraction of sp³-hybridized carbons (Fsp3) is 0.300. The highest BCUT2D eigenvalue weighted by atomic mass is 32.2. The first-order valence-electron chi connectivity index (χ1n) is 8.66. The van der Waals surface area contributed by atoms with Gasteiger partial charge in [0.25, 0.3) is 5.91 Å². The summed E-state index contributed by atoms with van der Waals surface area (Å²) in [7, 11) is 0. The predicted octanol–water partition coefficient (Wildman–Crippen LogP) is 3.47. The number of amides is 2. The van der Waals surface area contributed by atoms with Crippen molar-refractivity contribution in [2.45, 2.75) is 24.3 Å². The number of likely N-dealkylation sites (tertiary alicyclic amines) is 1. The van der Waals surface area contributed by atoms with Crippen LogP contribution in [-0.4, -0.2) is 35.6 Å². The highest BCUT2D eigenvalue weighted by Crippen LogP contribution is 2.24. The van der Waals surface area contributed by atoms with Crippen molar-refractivity contribution < 1.29 is 14.0 Å². The molecule has 1 aliphatic rings. The molecular weight excluding hydrogens is 351 g/mol. The van der Waals surface area contributed by atoms with E-state index in [2.05, 4.69) is 5.32 Å². The van der Waals surface area contributed by atoms with Crippen molar-refractivity contribution in [3.63, 3.8) is 0 Å². The fourth-order valence-corrected chi connectivity index (χ4v) is 3.84. The molecule has 1 aliphatic heterocycles. The summed E-state index contributed by atoms with van der Waals surface area (Å²) < 4.78 is 13.7. The van der Waals surface area contributed by atoms with E-state index in [-0.39, 0.29) is 24.2 Å². The van der Waals surface area contributed by atoms with Gasteiger partial charge in [0.1, 0.15) is 5.82 Å². The molecule has 2 aromatic rings. The van der Waals surface area contributed by atoms with E-state index in [1.807, 2.05) is 17.0 Å². The minimum Gasteiger partial charge on any atom is -0.348 e. The lowest BCUT2D eigenvalue weighted by Gasteiger charge is -2.15. The number of thioether (sulfide) groups is 1. The van der Waals surface area contributed by atoms with Crippen LogP contribution in [0.5, 0.6) is 0 Å². The van der Waals surface area contributed by atoms with Crippen molar-refractivity contribution in [1.82, 2.24) is 10.2 Å². The molecule has 0 aliphatic carbocycles. The Labute approximate surface area is 156 Å². The Balaban J connectivity index is 1.61. The number of nitrogens with one attached hydrogen (secondary N) is 1. The molecule has 3 rings (SSSR count). The van der Waals surface area contributed by atoms with E-state index >= 15 is 0 Å². The lowest BCUT2D eigenvalue weighted by molar-refractivity contribution is -0.127. The summed E-state index contributed by atoms with van der Waals surface area (Å²) in [5.41, 5.74) is 0.943. The summed E-state index contributed by atoms with van der Waals surface area (Å²) >= 11 is 1.37. The molecule has 2 aromatic carbocycles. The number of hydrogen-bond acceptors (Lipinski definition) is 3. The lowest BCUT2D eigenvalue weighted by atomic mass is 10.2. The molecule has 0 spiro atoms. The van der Waals surface area contributed by atoms with E-state index in [4.69, 9.17) is 0 Å². The van der Waals surface area contributed by atoms with Gasteiger partial charge >= 0.3 is 0 Å². The summed E-state index contributed by atoms with van der Waals surface area (Å²) in [4.78, 5) is 27.3. The van der Waals surface area contributed by atoms with Crippen LogP contribution in [0.2, 0.25) is 0 Å². The van der Waals surface area contributed by atoms with E-state index in [0.29, 0.717) is 16.9 Å². The Morgan fingerprint density at radius 2 is 1.73 bits per heavy atom. The molecule has 1 saturated heterocycles. The molecule has 0 saturated carbocycles. The third kappa shape index (κ3) is 4.64. The molecule has 136 valence electrons. The van der Waals surface area contributed by atoms with Crippen LogP contribution in [0.15, 0.2) is 53.4 Å². The van der Waals surface area contributed by atoms with Crippen molar-refractivity contribution in [3.8, 4) is 0 Å². The second-order valence-corrected chi connectivity index (χ2v) is 7.16. The first-order chi connectivity index (χ1) is 12.6. The van der Waals surface area contributed by atoms with E-state index < -0.39 is 0 Å². The van der Waals surface area contributed by atoms with E-state index in [9.17, 15) is 14.0 Å². The average Bonchev–Trinajstić information content (AvgIpc) is 3.20. The van der Waals surface area contributed by atoms with Gasteiger partial charge in [-0.25, -0.2) is 4.39 Å². The number of rotatable bonds is 6. The molecule has 1 N–H and O–H groups in total. The SMILES string of the molecule is O=C(NCc1ccccc1F)c1ccccc1SCC(=O)N1CCCC1. The van der Waals surface area contributed by atoms with Crippen molar-refractivity contribution >= 4 is 23.6 Å². The van der Waals surface area contributed by atoms with Gasteiger partial charge in [0.2, 0.25) is 5.91 Å². The van der Waals surface area contributed by atoms with E-state index in [1.54, 1.807) is 30.3 Å². The first-order valence-corrected chi connectivity index (χ1v) is 9.65. The maximum absolute atomic E-state index is 13.7. The summed E-state index contributed by atoms with van der Waals surface area (Å²) in [5, 5.41) is 2.75. The fourth-order valence-electron chi connectivity index (χ4n) is 2.89. The van der Waals surface area contributed by atoms with Gasteiger partial charge in [0.15, 0.2) is 0 Å². The molecule has 1 heterocycles. The maximum Gasteiger partial charge on any atom is 0.252 e. The van der Waals surface area contributed by atoms with E-state index in [1.165, 1.54) is 17.8 Å². The van der Waals surface area contributed by atoms with Crippen LogP contribution in [-0.2, 0) is 11.3 Å². The number of halogens is 1. The van der Waals surface area contributed by atoms with Gasteiger partial charge in [-0.05, 0) is 31.0 Å². The van der Waals surface area contributed by atoms with Gasteiger partial charge < -0.3 is 10.2 Å². The molecule has 4 nitrogen and oxygen atoms in total. The van der Waals surface area contributed by atoms with Crippen molar-refractivity contribution in [2.24, 2.45) is 0 Å². The normalized spacial score (nSPS) is 13.7. The molecule has 6 heteroatoms. The predicted molar refractivity (Wildman–Crippen MR) is 101 cm³/mol. The quantitative estimate of drug-likeness (QED) is 0.790. The van der Waals surface area contributed by atoms with Gasteiger partial charge in [-0.15, -0.1) is 11.8 Å². The van der Waals surface area contributed by atoms with Crippen LogP contribution in [0.3, 0.4) is 0 Å². The minimum atomic E-state index is -0.341. The van der Waals surface area contributed by atoms with Gasteiger partial charge in [-0.1, -0.05) is 30.3 Å². The number of hydrogen-bond donors (Lipinski definition) is 1. The summed E-state index contributed by atoms with van der Waals surface area (Å²) in [6.45, 7) is 1.77. The van der Waals surface area contributed by atoms with Crippen molar-refractivity contribution in [1.29, 1.82) is 0 Å². The Hall–Kier alpha value is -2.34. The first kappa shape index (κ1) is 18.5. The highest BCUT2D eigenvalue weighted by molar-refractivity contribution is 8.00. The molecule has 0 aromatic heterocycles. The molecule has 0 atom stereocenters. The van der Waals surface area contributed by atoms with Crippen LogP contribution in [0.1, 0.15) is 28.8 Å². The standard InChI is InChI=1S/C20H21FN2O2S/c21-17-9-3-1-7-15(17)13-22-20(25)16-8-2-4-10-18(16)26-14-19(24)23-11-5-6-12-23/h1-4,7-10H,5-6,11-14H2,(H,22,25). The largest absolute Gasteiger partial charge is 0.348 e. The number of carbonyl (C=O) groups excluding carboxylic acids is 2. The third-order valence-corrected chi connectivity index (χ3v) is 5.40. The lowest BCUT2D eigenvalue weighted by Crippen LogP contribution is -2.29. The maximum atomic E-state index is 13.7. The smallest absolute Gasteiger partial charge is 0.252 e. The molecule has 0 unspecified atom stereocenters. The van der Waals surface area contributed by atoms with Gasteiger partial charge in [-0.2, -0.15) is 0 Å². The number of benzene rings is 2. The molecule has 0 radical (unpaired) electrons. The molecule has 1 fully saturated rings. The zero-order valence-corrected chi connectivity index (χ0v) is 15.2. The number of nitrogens with zero attached hydrogens (tertiary/aromatic N) is 1.